The topological polar surface area (TPSA) is 107 Å². The van der Waals surface area contributed by atoms with Gasteiger partial charge in [0.1, 0.15) is 23.1 Å². The molecule has 4 rings (SSSR count). The van der Waals surface area contributed by atoms with Crippen molar-refractivity contribution < 1.29 is 36.2 Å². The average molecular weight is 491 g/mol. The first-order valence-corrected chi connectivity index (χ1v) is 11.9. The van der Waals surface area contributed by atoms with Crippen molar-refractivity contribution in [3.05, 3.63) is 71.9 Å². The molecule has 0 atom stereocenters. The second-order valence-electron chi connectivity index (χ2n) is 7.32. The molecule has 1 aliphatic rings. The Kier molecular flexibility index (Phi) is 7.15. The Balaban J connectivity index is 1.44. The number of para-hydroxylation sites is 2. The Morgan fingerprint density at radius 3 is 2.56 bits per heavy atom. The van der Waals surface area contributed by atoms with Crippen LogP contribution in [0.1, 0.15) is 16.3 Å². The number of halogens is 1. The van der Waals surface area contributed by atoms with Crippen LogP contribution in [0.25, 0.3) is 0 Å². The van der Waals surface area contributed by atoms with Gasteiger partial charge in [-0.1, -0.05) is 12.1 Å². The quantitative estimate of drug-likeness (QED) is 0.516. The van der Waals surface area contributed by atoms with Gasteiger partial charge in [0.25, 0.3) is 5.91 Å². The third-order valence-corrected chi connectivity index (χ3v) is 7.02. The molecule has 2 aromatic carbocycles. The molecule has 0 bridgehead atoms. The summed E-state index contributed by atoms with van der Waals surface area (Å²) in [5.74, 6) is -0.0618. The number of furan rings is 1. The van der Waals surface area contributed by atoms with Crippen molar-refractivity contribution in [1.29, 1.82) is 0 Å². The summed E-state index contributed by atoms with van der Waals surface area (Å²) < 4.78 is 62.8. The highest BCUT2D eigenvalue weighted by atomic mass is 32.2. The lowest BCUT2D eigenvalue weighted by molar-refractivity contribution is 0.0729. The molecule has 1 saturated heterocycles. The van der Waals surface area contributed by atoms with Crippen LogP contribution >= 0.6 is 0 Å². The molecule has 2 heterocycles. The van der Waals surface area contributed by atoms with Crippen molar-refractivity contribution in [3.63, 3.8) is 0 Å². The summed E-state index contributed by atoms with van der Waals surface area (Å²) in [5.41, 5.74) is 0.112. The summed E-state index contributed by atoms with van der Waals surface area (Å²) in [6.07, 6.45) is 0. The molecule has 180 valence electrons. The molecule has 0 spiro atoms. The summed E-state index contributed by atoms with van der Waals surface area (Å²) in [7, 11) is -2.54. The molecule has 9 nitrogen and oxygen atoms in total. The predicted octanol–water partition coefficient (Wildman–Crippen LogP) is 3.28. The van der Waals surface area contributed by atoms with E-state index >= 15 is 0 Å². The van der Waals surface area contributed by atoms with Crippen molar-refractivity contribution >= 4 is 21.6 Å². The molecule has 0 aliphatic carbocycles. The van der Waals surface area contributed by atoms with E-state index in [-0.39, 0.29) is 44.4 Å². The van der Waals surface area contributed by atoms with E-state index in [4.69, 9.17) is 18.6 Å². The van der Waals surface area contributed by atoms with E-state index in [9.17, 15) is 17.6 Å². The molecular formula is C23H23FN2O7S. The number of rotatable bonds is 8. The number of hydrogen-bond acceptors (Lipinski definition) is 7. The number of carbonyl (C=O) groups is 1. The van der Waals surface area contributed by atoms with E-state index in [0.717, 1.165) is 16.4 Å². The number of carbonyl (C=O) groups excluding carboxylic acids is 1. The van der Waals surface area contributed by atoms with Crippen LogP contribution in [0.15, 0.2) is 63.9 Å². The molecule has 3 aromatic rings. The predicted molar refractivity (Wildman–Crippen MR) is 120 cm³/mol. The highest BCUT2D eigenvalue weighted by molar-refractivity contribution is 7.89. The van der Waals surface area contributed by atoms with Gasteiger partial charge in [-0.15, -0.1) is 0 Å². The molecular weight excluding hydrogens is 467 g/mol. The van der Waals surface area contributed by atoms with Gasteiger partial charge in [-0.05, 0) is 42.5 Å². The zero-order chi connectivity index (χ0) is 24.1. The molecule has 34 heavy (non-hydrogen) atoms. The first-order chi connectivity index (χ1) is 16.4. The molecule has 1 fully saturated rings. The van der Waals surface area contributed by atoms with Crippen LogP contribution in [0.4, 0.5) is 10.1 Å². The summed E-state index contributed by atoms with van der Waals surface area (Å²) in [6, 6.07) is 13.5. The maximum absolute atomic E-state index is 14.4. The van der Waals surface area contributed by atoms with E-state index in [1.54, 1.807) is 24.3 Å². The fourth-order valence-corrected chi connectivity index (χ4v) is 4.86. The number of benzene rings is 2. The van der Waals surface area contributed by atoms with E-state index in [1.807, 2.05) is 6.07 Å². The first-order valence-electron chi connectivity index (χ1n) is 10.4. The van der Waals surface area contributed by atoms with Gasteiger partial charge in [-0.2, -0.15) is 4.31 Å². The molecule has 0 saturated carbocycles. The van der Waals surface area contributed by atoms with Gasteiger partial charge >= 0.3 is 0 Å². The first kappa shape index (κ1) is 23.7. The number of morpholine rings is 1. The van der Waals surface area contributed by atoms with Gasteiger partial charge in [0.15, 0.2) is 17.3 Å². The largest absolute Gasteiger partial charge is 0.493 e. The van der Waals surface area contributed by atoms with Crippen molar-refractivity contribution in [2.75, 3.05) is 38.7 Å². The number of nitrogens with zero attached hydrogens (tertiary/aromatic N) is 1. The van der Waals surface area contributed by atoms with Gasteiger partial charge in [-0.3, -0.25) is 4.79 Å². The Labute approximate surface area is 196 Å². The van der Waals surface area contributed by atoms with Gasteiger partial charge in [0.05, 0.1) is 20.3 Å². The minimum atomic E-state index is -4.07. The Hall–Kier alpha value is -3.41. The number of anilines is 1. The van der Waals surface area contributed by atoms with E-state index in [0.29, 0.717) is 17.3 Å². The van der Waals surface area contributed by atoms with E-state index in [2.05, 4.69) is 5.32 Å². The lowest BCUT2D eigenvalue weighted by Gasteiger charge is -2.26. The third kappa shape index (κ3) is 5.22. The molecule has 0 unspecified atom stereocenters. The van der Waals surface area contributed by atoms with Crippen molar-refractivity contribution in [1.82, 2.24) is 4.31 Å². The second-order valence-corrected chi connectivity index (χ2v) is 9.23. The summed E-state index contributed by atoms with van der Waals surface area (Å²) >= 11 is 0. The van der Waals surface area contributed by atoms with Gasteiger partial charge < -0.3 is 23.9 Å². The second kappa shape index (κ2) is 10.2. The van der Waals surface area contributed by atoms with Crippen LogP contribution < -0.4 is 14.8 Å². The lowest BCUT2D eigenvalue weighted by Crippen LogP contribution is -2.40. The summed E-state index contributed by atoms with van der Waals surface area (Å²) in [4.78, 5) is 12.1. The fraction of sp³-hybridized carbons (Fsp3) is 0.261. The van der Waals surface area contributed by atoms with E-state index < -0.39 is 26.6 Å². The molecule has 0 radical (unpaired) electrons. The maximum Gasteiger partial charge on any atom is 0.291 e. The number of methoxy groups -OCH3 is 1. The number of ether oxygens (including phenoxy) is 3. The smallest absolute Gasteiger partial charge is 0.291 e. The van der Waals surface area contributed by atoms with Gasteiger partial charge in [0, 0.05) is 18.8 Å². The molecule has 11 heteroatoms. The Morgan fingerprint density at radius 2 is 1.82 bits per heavy atom. The number of hydrogen-bond donors (Lipinski definition) is 1. The van der Waals surface area contributed by atoms with Crippen LogP contribution in [0.3, 0.4) is 0 Å². The van der Waals surface area contributed by atoms with Crippen molar-refractivity contribution in [3.8, 4) is 11.5 Å². The van der Waals surface area contributed by atoms with Crippen LogP contribution in [0.2, 0.25) is 0 Å². The number of nitrogens with one attached hydrogen (secondary N) is 1. The molecule has 1 aromatic heterocycles. The summed E-state index contributed by atoms with van der Waals surface area (Å²) in [5, 5.41) is 2.54. The Bertz CT molecular complexity index is 1270. The van der Waals surface area contributed by atoms with Crippen LogP contribution in [-0.4, -0.2) is 52.0 Å². The minimum Gasteiger partial charge on any atom is -0.493 e. The zero-order valence-corrected chi connectivity index (χ0v) is 19.1. The minimum absolute atomic E-state index is 0.0134. The van der Waals surface area contributed by atoms with Crippen LogP contribution in [0, 0.1) is 5.82 Å². The average Bonchev–Trinajstić information content (AvgIpc) is 3.34. The van der Waals surface area contributed by atoms with Crippen molar-refractivity contribution in [2.24, 2.45) is 0 Å². The standard InChI is InChI=1S/C23H23FN2O7S/c1-30-19-4-2-3-5-20(19)32-15-17-7-9-21(33-17)23(27)25-16-6-8-18(24)22(14-16)34(28,29)26-10-12-31-13-11-26/h2-9,14H,10-13,15H2,1H3,(H,25,27). The Morgan fingerprint density at radius 1 is 1.09 bits per heavy atom. The van der Waals surface area contributed by atoms with Crippen LogP contribution in [-0.2, 0) is 21.4 Å². The summed E-state index contributed by atoms with van der Waals surface area (Å²) in [6.45, 7) is 0.790. The van der Waals surface area contributed by atoms with Gasteiger partial charge in [0.2, 0.25) is 10.0 Å². The molecule has 1 amide bonds. The number of sulfonamides is 1. The number of amides is 1. The lowest BCUT2D eigenvalue weighted by atomic mass is 10.3. The highest BCUT2D eigenvalue weighted by Gasteiger charge is 2.29. The normalized spacial score (nSPS) is 14.5. The third-order valence-electron chi connectivity index (χ3n) is 5.10. The van der Waals surface area contributed by atoms with Crippen molar-refractivity contribution in [2.45, 2.75) is 11.5 Å². The maximum atomic E-state index is 14.4. The molecule has 1 aliphatic heterocycles. The highest BCUT2D eigenvalue weighted by Crippen LogP contribution is 2.27. The van der Waals surface area contributed by atoms with E-state index in [1.165, 1.54) is 19.2 Å². The SMILES string of the molecule is COc1ccccc1OCc1ccc(C(=O)Nc2ccc(F)c(S(=O)(=O)N3CCOCC3)c2)o1. The fourth-order valence-electron chi connectivity index (χ4n) is 3.36. The monoisotopic (exact) mass is 490 g/mol. The molecule has 1 N–H and O–H groups in total. The van der Waals surface area contributed by atoms with Gasteiger partial charge in [-0.25, -0.2) is 12.8 Å². The zero-order valence-electron chi connectivity index (χ0n) is 18.3. The van der Waals surface area contributed by atoms with Crippen LogP contribution in [0.5, 0.6) is 11.5 Å².